The van der Waals surface area contributed by atoms with Gasteiger partial charge >= 0.3 is 0 Å². The average molecular weight is 323 g/mol. The Kier molecular flexibility index (Phi) is 8.69. The molecular formula is C13H29N3O4S. The predicted molar refractivity (Wildman–Crippen MR) is 82.5 cm³/mol. The Morgan fingerprint density at radius 1 is 1.14 bits per heavy atom. The number of rotatable bonds is 10. The lowest BCUT2D eigenvalue weighted by molar-refractivity contribution is 0.144. The van der Waals surface area contributed by atoms with Crippen molar-refractivity contribution in [3.8, 4) is 0 Å². The summed E-state index contributed by atoms with van der Waals surface area (Å²) in [4.78, 5) is 0. The normalized spacial score (nSPS) is 18.5. The SMILES string of the molecule is CNCC1CCN(S(=O)(=O)N(CCOC)CCOC)CC1. The van der Waals surface area contributed by atoms with Gasteiger partial charge in [-0.3, -0.25) is 0 Å². The number of nitrogens with one attached hydrogen (secondary N) is 1. The molecule has 1 aliphatic heterocycles. The van der Waals surface area contributed by atoms with Crippen LogP contribution in [0.2, 0.25) is 0 Å². The van der Waals surface area contributed by atoms with Crippen molar-refractivity contribution < 1.29 is 17.9 Å². The summed E-state index contributed by atoms with van der Waals surface area (Å²) in [6.45, 7) is 3.62. The molecule has 1 saturated heterocycles. The maximum absolute atomic E-state index is 12.7. The van der Waals surface area contributed by atoms with Crippen LogP contribution in [-0.2, 0) is 19.7 Å². The molecule has 21 heavy (non-hydrogen) atoms. The van der Waals surface area contributed by atoms with Crippen molar-refractivity contribution in [1.82, 2.24) is 13.9 Å². The molecule has 1 heterocycles. The Labute approximate surface area is 128 Å². The van der Waals surface area contributed by atoms with Gasteiger partial charge in [-0.1, -0.05) is 0 Å². The van der Waals surface area contributed by atoms with Crippen molar-refractivity contribution in [2.45, 2.75) is 12.8 Å². The van der Waals surface area contributed by atoms with Gasteiger partial charge in [0.25, 0.3) is 10.2 Å². The van der Waals surface area contributed by atoms with Crippen molar-refractivity contribution in [2.24, 2.45) is 5.92 Å². The molecule has 0 bridgehead atoms. The van der Waals surface area contributed by atoms with Gasteiger partial charge in [0.1, 0.15) is 0 Å². The first-order chi connectivity index (χ1) is 10.1. The van der Waals surface area contributed by atoms with Crippen molar-refractivity contribution in [3.05, 3.63) is 0 Å². The largest absolute Gasteiger partial charge is 0.383 e. The standard InChI is InChI=1S/C13H29N3O4S/c1-14-12-13-4-6-15(7-5-13)21(17,18)16(8-10-19-2)9-11-20-3/h13-14H,4-12H2,1-3H3. The molecule has 0 aromatic carbocycles. The lowest BCUT2D eigenvalue weighted by Crippen LogP contribution is -2.49. The fourth-order valence-electron chi connectivity index (χ4n) is 2.52. The highest BCUT2D eigenvalue weighted by Crippen LogP contribution is 2.20. The molecular weight excluding hydrogens is 294 g/mol. The third kappa shape index (κ3) is 5.80. The van der Waals surface area contributed by atoms with E-state index >= 15 is 0 Å². The van der Waals surface area contributed by atoms with Crippen molar-refractivity contribution in [1.29, 1.82) is 0 Å². The van der Waals surface area contributed by atoms with Gasteiger partial charge in [0, 0.05) is 40.4 Å². The lowest BCUT2D eigenvalue weighted by atomic mass is 9.98. The zero-order valence-corrected chi connectivity index (χ0v) is 14.2. The van der Waals surface area contributed by atoms with E-state index in [1.165, 1.54) is 4.31 Å². The molecule has 7 nitrogen and oxygen atoms in total. The van der Waals surface area contributed by atoms with E-state index in [4.69, 9.17) is 9.47 Å². The number of ether oxygens (including phenoxy) is 2. The molecule has 0 unspecified atom stereocenters. The van der Waals surface area contributed by atoms with Gasteiger partial charge < -0.3 is 14.8 Å². The maximum atomic E-state index is 12.7. The van der Waals surface area contributed by atoms with Gasteiger partial charge in [0.05, 0.1) is 13.2 Å². The van der Waals surface area contributed by atoms with Crippen LogP contribution in [0.4, 0.5) is 0 Å². The predicted octanol–water partition coefficient (Wildman–Crippen LogP) is -0.243. The van der Waals surface area contributed by atoms with E-state index in [1.54, 1.807) is 18.5 Å². The highest BCUT2D eigenvalue weighted by atomic mass is 32.2. The monoisotopic (exact) mass is 323 g/mol. The molecule has 1 fully saturated rings. The van der Waals surface area contributed by atoms with Crippen LogP contribution in [0.15, 0.2) is 0 Å². The topological polar surface area (TPSA) is 71.1 Å². The Bertz CT molecular complexity index is 362. The van der Waals surface area contributed by atoms with Crippen LogP contribution < -0.4 is 5.32 Å². The van der Waals surface area contributed by atoms with E-state index in [0.29, 0.717) is 45.3 Å². The van der Waals surface area contributed by atoms with Crippen LogP contribution in [0, 0.1) is 5.92 Å². The van der Waals surface area contributed by atoms with Crippen LogP contribution in [0.25, 0.3) is 0 Å². The smallest absolute Gasteiger partial charge is 0.282 e. The highest BCUT2D eigenvalue weighted by Gasteiger charge is 2.32. The fourth-order valence-corrected chi connectivity index (χ4v) is 4.13. The number of nitrogens with zero attached hydrogens (tertiary/aromatic N) is 2. The summed E-state index contributed by atoms with van der Waals surface area (Å²) < 4.78 is 38.4. The zero-order valence-electron chi connectivity index (χ0n) is 13.4. The van der Waals surface area contributed by atoms with Crippen LogP contribution in [-0.4, -0.2) is 84.2 Å². The van der Waals surface area contributed by atoms with Crippen molar-refractivity contribution >= 4 is 10.2 Å². The summed E-state index contributed by atoms with van der Waals surface area (Å²) in [7, 11) is 1.66. The van der Waals surface area contributed by atoms with Crippen molar-refractivity contribution in [2.75, 3.05) is 67.2 Å². The molecule has 0 spiro atoms. The first-order valence-electron chi connectivity index (χ1n) is 7.44. The van der Waals surface area contributed by atoms with Gasteiger partial charge in [0.15, 0.2) is 0 Å². The third-order valence-electron chi connectivity index (χ3n) is 3.81. The molecule has 0 amide bonds. The third-order valence-corrected chi connectivity index (χ3v) is 5.84. The molecule has 0 atom stereocenters. The summed E-state index contributed by atoms with van der Waals surface area (Å²) in [6, 6.07) is 0. The van der Waals surface area contributed by atoms with Gasteiger partial charge in [-0.15, -0.1) is 0 Å². The van der Waals surface area contributed by atoms with Gasteiger partial charge in [-0.2, -0.15) is 17.0 Å². The molecule has 8 heteroatoms. The first kappa shape index (κ1) is 18.8. The number of piperidine rings is 1. The van der Waals surface area contributed by atoms with E-state index in [1.807, 2.05) is 7.05 Å². The van der Waals surface area contributed by atoms with Gasteiger partial charge in [0.2, 0.25) is 0 Å². The molecule has 0 saturated carbocycles. The molecule has 0 aromatic rings. The van der Waals surface area contributed by atoms with Crippen LogP contribution in [0.5, 0.6) is 0 Å². The van der Waals surface area contributed by atoms with E-state index in [9.17, 15) is 8.42 Å². The lowest BCUT2D eigenvalue weighted by Gasteiger charge is -2.34. The molecule has 0 aliphatic carbocycles. The molecule has 0 aromatic heterocycles. The number of hydrogen-bond acceptors (Lipinski definition) is 5. The zero-order chi connectivity index (χ0) is 15.7. The number of hydrogen-bond donors (Lipinski definition) is 1. The second kappa shape index (κ2) is 9.70. The fraction of sp³-hybridized carbons (Fsp3) is 1.00. The Balaban J connectivity index is 2.63. The summed E-state index contributed by atoms with van der Waals surface area (Å²) in [5.74, 6) is 0.563. The first-order valence-corrected chi connectivity index (χ1v) is 8.83. The van der Waals surface area contributed by atoms with E-state index in [2.05, 4.69) is 5.32 Å². The average Bonchev–Trinajstić information content (AvgIpc) is 2.48. The second-order valence-electron chi connectivity index (χ2n) is 5.29. The van der Waals surface area contributed by atoms with Gasteiger partial charge in [-0.25, -0.2) is 0 Å². The summed E-state index contributed by atoms with van der Waals surface area (Å²) in [6.07, 6.45) is 1.81. The molecule has 1 rings (SSSR count). The van der Waals surface area contributed by atoms with E-state index < -0.39 is 10.2 Å². The maximum Gasteiger partial charge on any atom is 0.282 e. The Hall–Kier alpha value is -0.250. The van der Waals surface area contributed by atoms with Crippen LogP contribution in [0.3, 0.4) is 0 Å². The Morgan fingerprint density at radius 2 is 1.67 bits per heavy atom. The molecule has 1 N–H and O–H groups in total. The van der Waals surface area contributed by atoms with E-state index in [0.717, 1.165) is 19.4 Å². The highest BCUT2D eigenvalue weighted by molar-refractivity contribution is 7.86. The minimum Gasteiger partial charge on any atom is -0.383 e. The molecule has 0 radical (unpaired) electrons. The minimum atomic E-state index is -3.42. The quantitative estimate of drug-likeness (QED) is 0.601. The summed E-state index contributed by atoms with van der Waals surface area (Å²) in [5, 5.41) is 3.16. The minimum absolute atomic E-state index is 0.360. The van der Waals surface area contributed by atoms with Crippen LogP contribution >= 0.6 is 0 Å². The van der Waals surface area contributed by atoms with Crippen molar-refractivity contribution in [3.63, 3.8) is 0 Å². The summed E-state index contributed by atoms with van der Waals surface area (Å²) >= 11 is 0. The van der Waals surface area contributed by atoms with E-state index in [-0.39, 0.29) is 0 Å². The summed E-state index contributed by atoms with van der Waals surface area (Å²) in [5.41, 5.74) is 0. The molecule has 126 valence electrons. The number of methoxy groups -OCH3 is 2. The second-order valence-corrected chi connectivity index (χ2v) is 7.22. The molecule has 1 aliphatic rings. The van der Waals surface area contributed by atoms with Gasteiger partial charge in [-0.05, 0) is 32.4 Å². The Morgan fingerprint density at radius 3 is 2.10 bits per heavy atom. The van der Waals surface area contributed by atoms with Crippen LogP contribution in [0.1, 0.15) is 12.8 Å².